The maximum Gasteiger partial charge on any atom is 0.191 e. The van der Waals surface area contributed by atoms with E-state index in [1.165, 1.54) is 6.07 Å². The number of nitrogens with zero attached hydrogens (tertiary/aromatic N) is 1. The average molecular weight is 399 g/mol. The lowest BCUT2D eigenvalue weighted by Crippen LogP contribution is -2.38. The third-order valence-corrected chi connectivity index (χ3v) is 4.57. The highest BCUT2D eigenvalue weighted by Crippen LogP contribution is 2.31. The maximum atomic E-state index is 13.5. The van der Waals surface area contributed by atoms with E-state index in [-0.39, 0.29) is 18.2 Å². The summed E-state index contributed by atoms with van der Waals surface area (Å²) in [6.45, 7) is 4.59. The van der Waals surface area contributed by atoms with Crippen LogP contribution in [0, 0.1) is 5.82 Å². The molecule has 0 aliphatic rings. The summed E-state index contributed by atoms with van der Waals surface area (Å²) in [6.07, 6.45) is 0. The normalized spacial score (nSPS) is 12.8. The van der Waals surface area contributed by atoms with Crippen molar-refractivity contribution < 1.29 is 18.7 Å². The standard InChI is InChI=1S/C22H26FN3O3/c1-4-28-19-7-5-6-16-11-20(29-21(16)19)14(2)26-22(24-3)25-12-15-8-9-18(23)17(10-15)13-27/h5-11,14,27H,4,12-13H2,1-3H3,(H2,24,25,26). The molecule has 0 fully saturated rings. The highest BCUT2D eigenvalue weighted by Gasteiger charge is 2.15. The lowest BCUT2D eigenvalue weighted by Gasteiger charge is -2.16. The number of halogens is 1. The second-order valence-corrected chi connectivity index (χ2v) is 6.63. The Balaban J connectivity index is 1.68. The molecule has 1 atom stereocenters. The lowest BCUT2D eigenvalue weighted by atomic mass is 10.1. The van der Waals surface area contributed by atoms with E-state index in [0.717, 1.165) is 28.0 Å². The van der Waals surface area contributed by atoms with Crippen LogP contribution in [-0.2, 0) is 13.2 Å². The van der Waals surface area contributed by atoms with Crippen molar-refractivity contribution in [3.05, 3.63) is 65.2 Å². The Morgan fingerprint density at radius 1 is 1.28 bits per heavy atom. The first-order valence-corrected chi connectivity index (χ1v) is 9.56. The van der Waals surface area contributed by atoms with Crippen LogP contribution in [0.25, 0.3) is 11.0 Å². The van der Waals surface area contributed by atoms with Crippen molar-refractivity contribution in [2.24, 2.45) is 4.99 Å². The van der Waals surface area contributed by atoms with Crippen molar-refractivity contribution in [2.75, 3.05) is 13.7 Å². The van der Waals surface area contributed by atoms with Gasteiger partial charge in [-0.1, -0.05) is 18.2 Å². The van der Waals surface area contributed by atoms with Crippen LogP contribution in [-0.4, -0.2) is 24.7 Å². The van der Waals surface area contributed by atoms with Crippen molar-refractivity contribution in [1.29, 1.82) is 0 Å². The van der Waals surface area contributed by atoms with Crippen molar-refractivity contribution in [3.63, 3.8) is 0 Å². The number of furan rings is 1. The molecule has 0 radical (unpaired) electrons. The van der Waals surface area contributed by atoms with E-state index in [1.807, 2.05) is 38.1 Å². The summed E-state index contributed by atoms with van der Waals surface area (Å²) in [5, 5.41) is 16.7. The first-order chi connectivity index (χ1) is 14.0. The van der Waals surface area contributed by atoms with Crippen LogP contribution < -0.4 is 15.4 Å². The van der Waals surface area contributed by atoms with E-state index >= 15 is 0 Å². The Bertz CT molecular complexity index is 1000. The first-order valence-electron chi connectivity index (χ1n) is 9.56. The van der Waals surface area contributed by atoms with Gasteiger partial charge in [0.05, 0.1) is 19.3 Å². The molecule has 6 nitrogen and oxygen atoms in total. The molecule has 0 saturated carbocycles. The van der Waals surface area contributed by atoms with Crippen molar-refractivity contribution >= 4 is 16.9 Å². The Morgan fingerprint density at radius 3 is 2.83 bits per heavy atom. The lowest BCUT2D eigenvalue weighted by molar-refractivity contribution is 0.275. The first kappa shape index (κ1) is 20.7. The number of fused-ring (bicyclic) bond motifs is 1. The van der Waals surface area contributed by atoms with Crippen LogP contribution in [0.5, 0.6) is 5.75 Å². The van der Waals surface area contributed by atoms with Gasteiger partial charge in [0.2, 0.25) is 0 Å². The number of hydrogen-bond donors (Lipinski definition) is 3. The zero-order valence-electron chi connectivity index (χ0n) is 16.8. The maximum absolute atomic E-state index is 13.5. The van der Waals surface area contributed by atoms with Crippen LogP contribution in [0.4, 0.5) is 4.39 Å². The molecule has 0 aliphatic carbocycles. The van der Waals surface area contributed by atoms with Gasteiger partial charge in [0.15, 0.2) is 17.3 Å². The SMILES string of the molecule is CCOc1cccc2cc(C(C)NC(=NC)NCc3ccc(F)c(CO)c3)oc12. The van der Waals surface area contributed by atoms with Gasteiger partial charge in [-0.25, -0.2) is 4.39 Å². The van der Waals surface area contributed by atoms with E-state index in [1.54, 1.807) is 19.2 Å². The molecule has 0 spiro atoms. The Kier molecular flexibility index (Phi) is 6.72. The minimum atomic E-state index is -0.413. The van der Waals surface area contributed by atoms with E-state index in [2.05, 4.69) is 15.6 Å². The Labute approximate surface area is 169 Å². The molecule has 154 valence electrons. The van der Waals surface area contributed by atoms with E-state index in [0.29, 0.717) is 19.1 Å². The average Bonchev–Trinajstić information content (AvgIpc) is 3.17. The molecule has 3 aromatic rings. The minimum Gasteiger partial charge on any atom is -0.490 e. The summed E-state index contributed by atoms with van der Waals surface area (Å²) < 4.78 is 25.2. The number of para-hydroxylation sites is 1. The van der Waals surface area contributed by atoms with Gasteiger partial charge in [0, 0.05) is 24.5 Å². The van der Waals surface area contributed by atoms with Crippen LogP contribution in [0.1, 0.15) is 36.8 Å². The van der Waals surface area contributed by atoms with E-state index in [9.17, 15) is 9.50 Å². The second kappa shape index (κ2) is 9.43. The third kappa shape index (κ3) is 4.86. The second-order valence-electron chi connectivity index (χ2n) is 6.63. The molecule has 3 rings (SSSR count). The number of benzene rings is 2. The fourth-order valence-electron chi connectivity index (χ4n) is 3.05. The zero-order valence-corrected chi connectivity index (χ0v) is 16.8. The number of ether oxygens (including phenoxy) is 1. The molecule has 3 N–H and O–H groups in total. The van der Waals surface area contributed by atoms with Crippen molar-refractivity contribution in [2.45, 2.75) is 33.0 Å². The van der Waals surface area contributed by atoms with Crippen LogP contribution >= 0.6 is 0 Å². The number of rotatable bonds is 7. The van der Waals surface area contributed by atoms with Gasteiger partial charge in [-0.15, -0.1) is 0 Å². The fourth-order valence-corrected chi connectivity index (χ4v) is 3.05. The van der Waals surface area contributed by atoms with Gasteiger partial charge in [-0.2, -0.15) is 0 Å². The molecule has 7 heteroatoms. The van der Waals surface area contributed by atoms with Crippen molar-refractivity contribution in [1.82, 2.24) is 10.6 Å². The molecular weight excluding hydrogens is 373 g/mol. The van der Waals surface area contributed by atoms with E-state index < -0.39 is 5.82 Å². The zero-order chi connectivity index (χ0) is 20.8. The van der Waals surface area contributed by atoms with Crippen LogP contribution in [0.3, 0.4) is 0 Å². The molecule has 1 aromatic heterocycles. The number of hydrogen-bond acceptors (Lipinski definition) is 4. The third-order valence-electron chi connectivity index (χ3n) is 4.57. The molecule has 0 bridgehead atoms. The molecule has 0 amide bonds. The molecular formula is C22H26FN3O3. The predicted octanol–water partition coefficient (Wildman–Crippen LogP) is 3.89. The highest BCUT2D eigenvalue weighted by molar-refractivity contribution is 5.84. The summed E-state index contributed by atoms with van der Waals surface area (Å²) in [4.78, 5) is 4.23. The smallest absolute Gasteiger partial charge is 0.191 e. The molecule has 2 aromatic carbocycles. The van der Waals surface area contributed by atoms with Gasteiger partial charge >= 0.3 is 0 Å². The van der Waals surface area contributed by atoms with Crippen molar-refractivity contribution in [3.8, 4) is 5.75 Å². The summed E-state index contributed by atoms with van der Waals surface area (Å²) in [6, 6.07) is 12.3. The topological polar surface area (TPSA) is 79.0 Å². The number of aliphatic hydroxyl groups is 1. The van der Waals surface area contributed by atoms with E-state index in [4.69, 9.17) is 9.15 Å². The summed E-state index contributed by atoms with van der Waals surface area (Å²) in [5.41, 5.74) is 1.84. The quantitative estimate of drug-likeness (QED) is 0.415. The van der Waals surface area contributed by atoms with Gasteiger partial charge < -0.3 is 24.9 Å². The van der Waals surface area contributed by atoms with Gasteiger partial charge in [-0.3, -0.25) is 4.99 Å². The highest BCUT2D eigenvalue weighted by atomic mass is 19.1. The monoisotopic (exact) mass is 399 g/mol. The molecule has 1 heterocycles. The number of guanidine groups is 1. The molecule has 1 unspecified atom stereocenters. The predicted molar refractivity (Wildman–Crippen MR) is 111 cm³/mol. The summed E-state index contributed by atoms with van der Waals surface area (Å²) in [5.74, 6) is 1.66. The van der Waals surface area contributed by atoms with Crippen LogP contribution in [0.15, 0.2) is 51.9 Å². The van der Waals surface area contributed by atoms with Gasteiger partial charge in [0.25, 0.3) is 0 Å². The molecule has 29 heavy (non-hydrogen) atoms. The summed E-state index contributed by atoms with van der Waals surface area (Å²) in [7, 11) is 1.68. The van der Waals surface area contributed by atoms with Crippen LogP contribution in [0.2, 0.25) is 0 Å². The molecule has 0 saturated heterocycles. The largest absolute Gasteiger partial charge is 0.490 e. The number of aliphatic imine (C=N–C) groups is 1. The minimum absolute atomic E-state index is 0.135. The molecule has 0 aliphatic heterocycles. The summed E-state index contributed by atoms with van der Waals surface area (Å²) >= 11 is 0. The fraction of sp³-hybridized carbons (Fsp3) is 0.318. The van der Waals surface area contributed by atoms with Gasteiger partial charge in [-0.05, 0) is 43.7 Å². The number of nitrogens with one attached hydrogen (secondary N) is 2. The number of aliphatic hydroxyl groups excluding tert-OH is 1. The Hall–Kier alpha value is -3.06. The Morgan fingerprint density at radius 2 is 2.10 bits per heavy atom. The van der Waals surface area contributed by atoms with Gasteiger partial charge in [0.1, 0.15) is 11.6 Å².